The molecule has 2 aliphatic heterocycles. The first-order chi connectivity index (χ1) is 12.0. The zero-order chi connectivity index (χ0) is 18.0. The van der Waals surface area contributed by atoms with Crippen molar-refractivity contribution >= 4 is 23.2 Å². The molecule has 0 bridgehead atoms. The van der Waals surface area contributed by atoms with E-state index in [2.05, 4.69) is 16.7 Å². The number of aliphatic hydroxyl groups is 1. The number of aliphatic hydroxyl groups excluding tert-OH is 1. The van der Waals surface area contributed by atoms with E-state index in [1.165, 1.54) is 4.88 Å². The van der Waals surface area contributed by atoms with Gasteiger partial charge in [-0.05, 0) is 25.0 Å². The van der Waals surface area contributed by atoms with E-state index in [-0.39, 0.29) is 18.9 Å². The highest BCUT2D eigenvalue weighted by Crippen LogP contribution is 2.43. The number of piperidine rings is 1. The molecule has 1 atom stereocenters. The quantitative estimate of drug-likeness (QED) is 0.784. The molecule has 3 rings (SSSR count). The van der Waals surface area contributed by atoms with E-state index in [1.807, 2.05) is 12.1 Å². The number of amides is 1. The van der Waals surface area contributed by atoms with Crippen LogP contribution in [-0.2, 0) is 16.1 Å². The average molecular weight is 362 g/mol. The van der Waals surface area contributed by atoms with Crippen LogP contribution in [0.25, 0.3) is 0 Å². The maximum atomic E-state index is 12.0. The summed E-state index contributed by atoms with van der Waals surface area (Å²) in [7, 11) is 1.74. The molecule has 0 aromatic carbocycles. The van der Waals surface area contributed by atoms with Gasteiger partial charge >= 0.3 is 5.97 Å². The smallest absolute Gasteiger partial charge is 0.309 e. The highest BCUT2D eigenvalue weighted by molar-refractivity contribution is 7.12. The molecule has 0 unspecified atom stereocenters. The van der Waals surface area contributed by atoms with Crippen molar-refractivity contribution in [2.24, 2.45) is 5.92 Å². The number of rotatable bonds is 3. The van der Waals surface area contributed by atoms with Gasteiger partial charge in [0.15, 0.2) is 0 Å². The number of carbonyl (C=O) groups is 2. The summed E-state index contributed by atoms with van der Waals surface area (Å²) in [5.74, 6) is 4.03. The van der Waals surface area contributed by atoms with Crippen LogP contribution in [-0.4, -0.2) is 64.2 Å². The lowest BCUT2D eigenvalue weighted by Gasteiger charge is -2.45. The van der Waals surface area contributed by atoms with E-state index in [1.54, 1.807) is 23.3 Å². The van der Waals surface area contributed by atoms with Gasteiger partial charge in [-0.2, -0.15) is 0 Å². The normalized spacial score (nSPS) is 22.9. The van der Waals surface area contributed by atoms with E-state index >= 15 is 0 Å². The summed E-state index contributed by atoms with van der Waals surface area (Å²) >= 11 is 1.61. The van der Waals surface area contributed by atoms with Crippen molar-refractivity contribution in [3.05, 3.63) is 21.9 Å². The molecule has 1 aromatic heterocycles. The minimum atomic E-state index is -0.864. The zero-order valence-corrected chi connectivity index (χ0v) is 15.0. The van der Waals surface area contributed by atoms with Crippen molar-refractivity contribution < 1.29 is 19.8 Å². The molecule has 1 spiro atoms. The van der Waals surface area contributed by atoms with Gasteiger partial charge in [0.2, 0.25) is 5.91 Å². The summed E-state index contributed by atoms with van der Waals surface area (Å²) in [5, 5.41) is 18.3. The molecule has 3 heterocycles. The minimum Gasteiger partial charge on any atom is -0.481 e. The second-order valence-electron chi connectivity index (χ2n) is 6.65. The topological polar surface area (TPSA) is 81.1 Å². The first-order valence-electron chi connectivity index (χ1n) is 8.36. The fourth-order valence-electron chi connectivity index (χ4n) is 3.96. The summed E-state index contributed by atoms with van der Waals surface area (Å²) in [6.45, 7) is 2.21. The molecule has 0 saturated carbocycles. The molecule has 6 nitrogen and oxygen atoms in total. The van der Waals surface area contributed by atoms with Crippen LogP contribution in [0.4, 0.5) is 0 Å². The lowest BCUT2D eigenvalue weighted by atomic mass is 9.77. The number of carboxylic acid groups (broad SMARTS) is 1. The maximum Gasteiger partial charge on any atom is 0.309 e. The minimum absolute atomic E-state index is 0.0637. The molecule has 2 N–H and O–H groups in total. The number of carboxylic acids is 1. The number of aliphatic carboxylic acids is 1. The third-order valence-electron chi connectivity index (χ3n) is 5.42. The number of nitrogens with zero attached hydrogens (tertiary/aromatic N) is 2. The summed E-state index contributed by atoms with van der Waals surface area (Å²) in [5.41, 5.74) is -0.535. The fourth-order valence-corrected chi connectivity index (χ4v) is 4.89. The van der Waals surface area contributed by atoms with E-state index in [0.717, 1.165) is 24.5 Å². The average Bonchev–Trinajstić information content (AvgIpc) is 3.13. The first-order valence-corrected chi connectivity index (χ1v) is 9.18. The van der Waals surface area contributed by atoms with Crippen molar-refractivity contribution in [3.8, 4) is 11.8 Å². The van der Waals surface area contributed by atoms with Gasteiger partial charge in [-0.15, -0.1) is 11.3 Å². The summed E-state index contributed by atoms with van der Waals surface area (Å²) in [4.78, 5) is 29.8. The van der Waals surface area contributed by atoms with E-state index in [9.17, 15) is 14.7 Å². The number of hydrogen-bond acceptors (Lipinski definition) is 5. The number of thiophene rings is 1. The Morgan fingerprint density at radius 3 is 2.76 bits per heavy atom. The lowest BCUT2D eigenvalue weighted by molar-refractivity contribution is -0.146. The van der Waals surface area contributed by atoms with Gasteiger partial charge in [0, 0.05) is 38.0 Å². The van der Waals surface area contributed by atoms with Crippen LogP contribution < -0.4 is 0 Å². The van der Waals surface area contributed by atoms with Crippen molar-refractivity contribution in [1.29, 1.82) is 0 Å². The van der Waals surface area contributed by atoms with Crippen LogP contribution in [0.2, 0.25) is 0 Å². The van der Waals surface area contributed by atoms with E-state index in [4.69, 9.17) is 5.11 Å². The van der Waals surface area contributed by atoms with Crippen LogP contribution in [0.3, 0.4) is 0 Å². The molecule has 25 heavy (non-hydrogen) atoms. The first kappa shape index (κ1) is 17.9. The van der Waals surface area contributed by atoms with E-state index in [0.29, 0.717) is 12.8 Å². The largest absolute Gasteiger partial charge is 0.481 e. The summed E-state index contributed by atoms with van der Waals surface area (Å²) in [6, 6.07) is 4.00. The fraction of sp³-hybridized carbons (Fsp3) is 0.556. The third-order valence-corrected chi connectivity index (χ3v) is 6.41. The van der Waals surface area contributed by atoms with Gasteiger partial charge in [0.1, 0.15) is 6.61 Å². The molecule has 0 radical (unpaired) electrons. The van der Waals surface area contributed by atoms with Gasteiger partial charge in [-0.25, -0.2) is 0 Å². The van der Waals surface area contributed by atoms with E-state index < -0.39 is 17.4 Å². The van der Waals surface area contributed by atoms with Crippen LogP contribution in [0, 0.1) is 17.8 Å². The Kier molecular flexibility index (Phi) is 5.13. The predicted octanol–water partition coefficient (Wildman–Crippen LogP) is 0.989. The molecule has 1 aromatic rings. The second kappa shape index (κ2) is 7.16. The number of carbonyl (C=O) groups excluding carboxylic acids is 1. The van der Waals surface area contributed by atoms with Crippen molar-refractivity contribution in [2.75, 3.05) is 26.7 Å². The van der Waals surface area contributed by atoms with Crippen LogP contribution in [0.1, 0.15) is 29.0 Å². The maximum absolute atomic E-state index is 12.0. The Morgan fingerprint density at radius 1 is 1.40 bits per heavy atom. The Labute approximate surface area is 151 Å². The highest BCUT2D eigenvalue weighted by atomic mass is 32.1. The standard InChI is InChI=1S/C18H22N2O4S/c1-19-16(22)11-15(17(23)24)18(19)6-8-20(9-7-18)12-14-5-4-13(25-14)3-2-10-21/h4-5,15,21H,6-12H2,1H3,(H,23,24)/t15-/m1/s1. The number of likely N-dealkylation sites (tertiary alicyclic amines) is 2. The second-order valence-corrected chi connectivity index (χ2v) is 7.82. The lowest BCUT2D eigenvalue weighted by Crippen LogP contribution is -2.55. The molecule has 2 fully saturated rings. The van der Waals surface area contributed by atoms with Gasteiger partial charge in [0.05, 0.1) is 16.3 Å². The number of hydrogen-bond donors (Lipinski definition) is 2. The van der Waals surface area contributed by atoms with Crippen molar-refractivity contribution in [1.82, 2.24) is 9.80 Å². The van der Waals surface area contributed by atoms with Gasteiger partial charge in [-0.1, -0.05) is 11.8 Å². The Morgan fingerprint density at radius 2 is 2.12 bits per heavy atom. The van der Waals surface area contributed by atoms with Gasteiger partial charge < -0.3 is 15.1 Å². The summed E-state index contributed by atoms with van der Waals surface area (Å²) < 4.78 is 0. The molecular weight excluding hydrogens is 340 g/mol. The summed E-state index contributed by atoms with van der Waals surface area (Å²) in [6.07, 6.45) is 1.49. The molecule has 2 aliphatic rings. The monoisotopic (exact) mass is 362 g/mol. The van der Waals surface area contributed by atoms with Crippen LogP contribution in [0.5, 0.6) is 0 Å². The predicted molar refractivity (Wildman–Crippen MR) is 94.0 cm³/mol. The Hall–Kier alpha value is -1.88. The van der Waals surface area contributed by atoms with Gasteiger partial charge in [0.25, 0.3) is 0 Å². The molecule has 1 amide bonds. The molecular formula is C18H22N2O4S. The Balaban J connectivity index is 1.64. The molecule has 134 valence electrons. The third kappa shape index (κ3) is 3.43. The van der Waals surface area contributed by atoms with Crippen molar-refractivity contribution in [2.45, 2.75) is 31.3 Å². The molecule has 7 heteroatoms. The van der Waals surface area contributed by atoms with Crippen molar-refractivity contribution in [3.63, 3.8) is 0 Å². The van der Waals surface area contributed by atoms with Crippen LogP contribution in [0.15, 0.2) is 12.1 Å². The molecule has 0 aliphatic carbocycles. The highest BCUT2D eigenvalue weighted by Gasteiger charge is 2.55. The SMILES string of the molecule is CN1C(=O)C[C@H](C(=O)O)C12CCN(Cc1ccc(C#CCO)s1)CC2. The van der Waals surface area contributed by atoms with Gasteiger partial charge in [-0.3, -0.25) is 14.5 Å². The molecule has 2 saturated heterocycles. The van der Waals surface area contributed by atoms with Crippen LogP contribution >= 0.6 is 11.3 Å². The zero-order valence-electron chi connectivity index (χ0n) is 14.2. The Bertz CT molecular complexity index is 725.